The maximum absolute atomic E-state index is 14.7. The van der Waals surface area contributed by atoms with Gasteiger partial charge in [-0.05, 0) is 32.0 Å². The van der Waals surface area contributed by atoms with Gasteiger partial charge in [-0.1, -0.05) is 0 Å². The Balaban J connectivity index is 1.30. The van der Waals surface area contributed by atoms with Gasteiger partial charge in [0.05, 0.1) is 0 Å². The lowest BCUT2D eigenvalue weighted by Gasteiger charge is -2.36. The van der Waals surface area contributed by atoms with Crippen LogP contribution in [0.2, 0.25) is 0 Å². The molecule has 0 radical (unpaired) electrons. The minimum absolute atomic E-state index is 0.0950. The molecule has 208 valence electrons. The van der Waals surface area contributed by atoms with Crippen LogP contribution in [0.25, 0.3) is 0 Å². The van der Waals surface area contributed by atoms with E-state index in [1.807, 2.05) is 0 Å². The summed E-state index contributed by atoms with van der Waals surface area (Å²) in [4.78, 5) is 26.5. The topological polar surface area (TPSA) is 83.1 Å². The molecule has 0 unspecified atom stereocenters. The highest BCUT2D eigenvalue weighted by atomic mass is 19.1. The van der Waals surface area contributed by atoms with Gasteiger partial charge in [0.2, 0.25) is 5.95 Å². The van der Waals surface area contributed by atoms with E-state index in [2.05, 4.69) is 38.9 Å². The molecule has 1 saturated heterocycles. The summed E-state index contributed by atoms with van der Waals surface area (Å²) in [6, 6.07) is 8.85. The fourth-order valence-electron chi connectivity index (χ4n) is 4.06. The molecular weight excluding hydrogens is 513 g/mol. The van der Waals surface area contributed by atoms with Gasteiger partial charge < -0.3 is 14.8 Å². The molecule has 3 aromatic rings. The number of nitrogens with one attached hydrogen (secondary N) is 1. The van der Waals surface area contributed by atoms with Gasteiger partial charge in [-0.2, -0.15) is 4.98 Å². The molecule has 1 aliphatic heterocycles. The van der Waals surface area contributed by atoms with E-state index in [1.165, 1.54) is 31.4 Å². The summed E-state index contributed by atoms with van der Waals surface area (Å²) in [5.74, 6) is -2.20. The van der Waals surface area contributed by atoms with Crippen LogP contribution in [0.4, 0.5) is 35.4 Å². The number of hydrogen-bond donors (Lipinski definition) is 1. The molecule has 1 aliphatic rings. The van der Waals surface area contributed by atoms with Crippen LogP contribution in [0.3, 0.4) is 0 Å². The van der Waals surface area contributed by atoms with E-state index in [4.69, 9.17) is 9.47 Å². The lowest BCUT2D eigenvalue weighted by atomic mass is 10.2. The molecule has 0 atom stereocenters. The summed E-state index contributed by atoms with van der Waals surface area (Å²) < 4.78 is 52.1. The maximum Gasteiger partial charge on any atom is 0.420 e. The largest absolute Gasteiger partial charge is 0.489 e. The number of anilines is 3. The number of hydrogen-bond acceptors (Lipinski definition) is 8. The first-order chi connectivity index (χ1) is 18.7. The van der Waals surface area contributed by atoms with Gasteiger partial charge in [-0.3, -0.25) is 14.7 Å². The van der Waals surface area contributed by atoms with Gasteiger partial charge in [-0.15, -0.1) is 0 Å². The summed E-state index contributed by atoms with van der Waals surface area (Å²) in [5.41, 5.74) is 0.377. The third kappa shape index (κ3) is 7.80. The first-order valence-electron chi connectivity index (χ1n) is 12.6. The van der Waals surface area contributed by atoms with Gasteiger partial charge in [0.25, 0.3) is 0 Å². The highest BCUT2D eigenvalue weighted by Crippen LogP contribution is 2.24. The van der Waals surface area contributed by atoms with Crippen LogP contribution in [0.1, 0.15) is 13.8 Å². The number of amides is 1. The van der Waals surface area contributed by atoms with E-state index in [9.17, 15) is 18.0 Å². The van der Waals surface area contributed by atoms with Gasteiger partial charge >= 0.3 is 6.09 Å². The van der Waals surface area contributed by atoms with Crippen LogP contribution in [0.5, 0.6) is 11.5 Å². The van der Waals surface area contributed by atoms with Gasteiger partial charge in [0.1, 0.15) is 29.8 Å². The van der Waals surface area contributed by atoms with Crippen molar-refractivity contribution in [3.63, 3.8) is 0 Å². The monoisotopic (exact) mass is 544 g/mol. The Bertz CT molecular complexity index is 1270. The van der Waals surface area contributed by atoms with Crippen molar-refractivity contribution in [3.05, 3.63) is 66.1 Å². The van der Waals surface area contributed by atoms with E-state index >= 15 is 0 Å². The first kappa shape index (κ1) is 28.1. The van der Waals surface area contributed by atoms with Gasteiger partial charge in [0.15, 0.2) is 11.6 Å². The first-order valence-corrected chi connectivity index (χ1v) is 12.6. The van der Waals surface area contributed by atoms with Crippen LogP contribution < -0.4 is 19.7 Å². The zero-order valence-corrected chi connectivity index (χ0v) is 22.0. The number of rotatable bonds is 9. The number of carbonyl (C=O) groups excluding carboxylic acids is 1. The molecule has 0 bridgehead atoms. The van der Waals surface area contributed by atoms with Crippen molar-refractivity contribution in [2.45, 2.75) is 19.9 Å². The zero-order chi connectivity index (χ0) is 27.9. The fourth-order valence-corrected chi connectivity index (χ4v) is 4.06. The molecule has 0 aliphatic carbocycles. The third-order valence-corrected chi connectivity index (χ3v) is 6.29. The minimum atomic E-state index is -0.918. The van der Waals surface area contributed by atoms with E-state index in [0.29, 0.717) is 24.4 Å². The number of nitrogens with zero attached hydrogens (tertiary/aromatic N) is 5. The summed E-state index contributed by atoms with van der Waals surface area (Å²) in [7, 11) is 1.38. The Morgan fingerprint density at radius 1 is 1.05 bits per heavy atom. The van der Waals surface area contributed by atoms with Crippen molar-refractivity contribution in [2.75, 3.05) is 56.6 Å². The molecular formula is C27H31F3N6O3. The third-order valence-electron chi connectivity index (χ3n) is 6.29. The molecule has 9 nitrogen and oxygen atoms in total. The quantitative estimate of drug-likeness (QED) is 0.416. The molecule has 1 N–H and O–H groups in total. The number of halogens is 3. The van der Waals surface area contributed by atoms with Crippen molar-refractivity contribution >= 4 is 23.5 Å². The molecule has 12 heteroatoms. The van der Waals surface area contributed by atoms with Crippen molar-refractivity contribution in [2.24, 2.45) is 0 Å². The Kier molecular flexibility index (Phi) is 9.20. The van der Waals surface area contributed by atoms with Crippen LogP contribution in [0.15, 0.2) is 48.7 Å². The lowest BCUT2D eigenvalue weighted by Crippen LogP contribution is -2.49. The SMILES string of the molecule is CC(C)N1CCN(CCOc2ccc(Nc3nccc(N(C)C(=O)Oc4cc(F)cc(F)c4)n3)cc2F)CC1. The molecule has 39 heavy (non-hydrogen) atoms. The second kappa shape index (κ2) is 12.8. The number of piperazine rings is 1. The van der Waals surface area contributed by atoms with E-state index < -0.39 is 23.5 Å². The predicted octanol–water partition coefficient (Wildman–Crippen LogP) is 4.68. The second-order valence-corrected chi connectivity index (χ2v) is 9.36. The van der Waals surface area contributed by atoms with Crippen molar-refractivity contribution in [1.29, 1.82) is 0 Å². The number of ether oxygens (including phenoxy) is 2. The Morgan fingerprint density at radius 3 is 2.44 bits per heavy atom. The average Bonchev–Trinajstić information content (AvgIpc) is 2.89. The van der Waals surface area contributed by atoms with Crippen LogP contribution in [0, 0.1) is 17.5 Å². The molecule has 4 rings (SSSR count). The molecule has 1 amide bonds. The normalized spacial score (nSPS) is 14.3. The summed E-state index contributed by atoms with van der Waals surface area (Å²) in [5, 5.41) is 2.88. The van der Waals surface area contributed by atoms with E-state index in [-0.39, 0.29) is 23.3 Å². The second-order valence-electron chi connectivity index (χ2n) is 9.36. The van der Waals surface area contributed by atoms with Crippen molar-refractivity contribution in [3.8, 4) is 11.5 Å². The van der Waals surface area contributed by atoms with Crippen LogP contribution in [-0.4, -0.2) is 78.3 Å². The van der Waals surface area contributed by atoms with Crippen LogP contribution >= 0.6 is 0 Å². The number of carbonyl (C=O) groups is 1. The van der Waals surface area contributed by atoms with Gasteiger partial charge in [-0.25, -0.2) is 22.9 Å². The Hall–Kier alpha value is -3.90. The summed E-state index contributed by atoms with van der Waals surface area (Å²) >= 11 is 0. The molecule has 0 spiro atoms. The molecule has 2 heterocycles. The maximum atomic E-state index is 14.7. The average molecular weight is 545 g/mol. The lowest BCUT2D eigenvalue weighted by molar-refractivity contribution is 0.0965. The number of benzene rings is 2. The summed E-state index contributed by atoms with van der Waals surface area (Å²) in [6.45, 7) is 9.43. The minimum Gasteiger partial charge on any atom is -0.489 e. The molecule has 0 saturated carbocycles. The zero-order valence-electron chi connectivity index (χ0n) is 22.0. The molecule has 1 aromatic heterocycles. The fraction of sp³-hybridized carbons (Fsp3) is 0.370. The predicted molar refractivity (Wildman–Crippen MR) is 141 cm³/mol. The highest BCUT2D eigenvalue weighted by molar-refractivity contribution is 5.87. The van der Waals surface area contributed by atoms with E-state index in [0.717, 1.165) is 49.8 Å². The van der Waals surface area contributed by atoms with Crippen molar-refractivity contribution in [1.82, 2.24) is 19.8 Å². The van der Waals surface area contributed by atoms with E-state index in [1.54, 1.807) is 6.07 Å². The highest BCUT2D eigenvalue weighted by Gasteiger charge is 2.19. The summed E-state index contributed by atoms with van der Waals surface area (Å²) in [6.07, 6.45) is 0.476. The van der Waals surface area contributed by atoms with Crippen molar-refractivity contribution < 1.29 is 27.4 Å². The van der Waals surface area contributed by atoms with Gasteiger partial charge in [0, 0.05) is 82.0 Å². The standard InChI is InChI=1S/C27H31F3N6O3/c1-18(2)36-10-8-35(9-11-36)12-13-38-24-5-4-21(17-23(24)30)32-26-31-7-6-25(33-26)34(3)27(37)39-22-15-19(28)14-20(29)16-22/h4-7,14-18H,8-13H2,1-3H3,(H,31,32,33). The molecule has 2 aromatic carbocycles. The Morgan fingerprint density at radius 2 is 1.77 bits per heavy atom. The smallest absolute Gasteiger partial charge is 0.420 e. The molecule has 1 fully saturated rings. The number of aromatic nitrogens is 2. The Labute approximate surface area is 225 Å². The van der Waals surface area contributed by atoms with Crippen LogP contribution in [-0.2, 0) is 0 Å².